The number of hydrogen-bond acceptors (Lipinski definition) is 2. The average molecular weight is 397 g/mol. The molecule has 3 aromatic rings. The van der Waals surface area contributed by atoms with Crippen LogP contribution in [-0.4, -0.2) is 15.6 Å². The molecule has 0 fully saturated rings. The van der Waals surface area contributed by atoms with E-state index in [1.54, 1.807) is 0 Å². The van der Waals surface area contributed by atoms with E-state index < -0.39 is 5.97 Å². The number of hydrogen-bond donors (Lipinski definition) is 2. The summed E-state index contributed by atoms with van der Waals surface area (Å²) in [7, 11) is 0. The second-order valence-corrected chi connectivity index (χ2v) is 7.57. The first-order valence-electron chi connectivity index (χ1n) is 9.29. The highest BCUT2D eigenvalue weighted by molar-refractivity contribution is 6.30. The number of aromatic nitrogens is 1. The van der Waals surface area contributed by atoms with Crippen LogP contribution >= 0.6 is 11.6 Å². The normalized spacial score (nSPS) is 11.0. The maximum Gasteiger partial charge on any atom is 0.337 e. The monoisotopic (exact) mass is 396 g/mol. The van der Waals surface area contributed by atoms with Crippen molar-refractivity contribution in [1.29, 1.82) is 0 Å². The summed E-state index contributed by atoms with van der Waals surface area (Å²) in [5.41, 5.74) is 6.39. The molecular weight excluding hydrogens is 372 g/mol. The van der Waals surface area contributed by atoms with Crippen LogP contribution in [0.15, 0.2) is 48.5 Å². The van der Waals surface area contributed by atoms with Crippen LogP contribution in [-0.2, 0) is 19.6 Å². The van der Waals surface area contributed by atoms with E-state index in [9.17, 15) is 9.90 Å². The van der Waals surface area contributed by atoms with Crippen molar-refractivity contribution in [2.24, 2.45) is 0 Å². The Hall–Kier alpha value is -2.56. The SMILES string of the molecule is Cc1ccc(CNCc2c(C(=O)O)c(C)n(Cc3cccc(Cl)c3)c2C)cc1. The number of nitrogens with one attached hydrogen (secondary N) is 1. The Kier molecular flexibility index (Phi) is 6.22. The molecule has 2 N–H and O–H groups in total. The van der Waals surface area contributed by atoms with E-state index in [0.29, 0.717) is 30.2 Å². The summed E-state index contributed by atoms with van der Waals surface area (Å²) in [5.74, 6) is -0.891. The van der Waals surface area contributed by atoms with Gasteiger partial charge in [-0.3, -0.25) is 0 Å². The van der Waals surface area contributed by atoms with E-state index >= 15 is 0 Å². The Bertz CT molecular complexity index is 991. The largest absolute Gasteiger partial charge is 0.478 e. The molecule has 0 spiro atoms. The highest BCUT2D eigenvalue weighted by Gasteiger charge is 2.22. The lowest BCUT2D eigenvalue weighted by atomic mass is 10.1. The molecule has 0 bridgehead atoms. The van der Waals surface area contributed by atoms with Crippen LogP contribution in [0.25, 0.3) is 0 Å². The molecule has 4 nitrogen and oxygen atoms in total. The summed E-state index contributed by atoms with van der Waals surface area (Å²) < 4.78 is 2.05. The highest BCUT2D eigenvalue weighted by atomic mass is 35.5. The summed E-state index contributed by atoms with van der Waals surface area (Å²) in [4.78, 5) is 11.9. The molecule has 0 atom stereocenters. The second-order valence-electron chi connectivity index (χ2n) is 7.13. The van der Waals surface area contributed by atoms with Crippen molar-refractivity contribution in [3.63, 3.8) is 0 Å². The predicted molar refractivity (Wildman–Crippen MR) is 113 cm³/mol. The minimum absolute atomic E-state index is 0.385. The van der Waals surface area contributed by atoms with Crippen LogP contribution in [0.1, 0.15) is 44.0 Å². The molecule has 0 unspecified atom stereocenters. The van der Waals surface area contributed by atoms with Crippen LogP contribution in [0.5, 0.6) is 0 Å². The van der Waals surface area contributed by atoms with Crippen molar-refractivity contribution in [3.05, 3.63) is 92.8 Å². The van der Waals surface area contributed by atoms with Gasteiger partial charge in [0.1, 0.15) is 0 Å². The molecule has 0 aliphatic heterocycles. The molecule has 146 valence electrons. The molecule has 3 rings (SSSR count). The molecule has 2 aromatic carbocycles. The van der Waals surface area contributed by atoms with E-state index in [1.165, 1.54) is 11.1 Å². The minimum Gasteiger partial charge on any atom is -0.478 e. The molecule has 1 heterocycles. The fourth-order valence-corrected chi connectivity index (χ4v) is 3.75. The van der Waals surface area contributed by atoms with E-state index in [2.05, 4.69) is 41.1 Å². The van der Waals surface area contributed by atoms with E-state index in [1.807, 2.05) is 38.1 Å². The fourth-order valence-electron chi connectivity index (χ4n) is 3.54. The first-order valence-corrected chi connectivity index (χ1v) is 9.67. The average Bonchev–Trinajstić information content (AvgIpc) is 2.88. The van der Waals surface area contributed by atoms with Gasteiger partial charge in [0.25, 0.3) is 0 Å². The lowest BCUT2D eigenvalue weighted by molar-refractivity contribution is 0.0694. The van der Waals surface area contributed by atoms with Crippen molar-refractivity contribution in [2.45, 2.75) is 40.4 Å². The third-order valence-corrected chi connectivity index (χ3v) is 5.34. The quantitative estimate of drug-likeness (QED) is 0.584. The standard InChI is InChI=1S/C23H25ClN2O2/c1-15-7-9-18(10-8-15)12-25-13-21-16(2)26(17(3)22(21)23(27)28)14-19-5-4-6-20(24)11-19/h4-11,25H,12-14H2,1-3H3,(H,27,28). The molecule has 0 aliphatic carbocycles. The third-order valence-electron chi connectivity index (χ3n) is 5.11. The number of aromatic carboxylic acids is 1. The maximum absolute atomic E-state index is 11.9. The maximum atomic E-state index is 11.9. The topological polar surface area (TPSA) is 54.3 Å². The smallest absolute Gasteiger partial charge is 0.337 e. The number of carbonyl (C=O) groups is 1. The molecule has 1 aromatic heterocycles. The van der Waals surface area contributed by atoms with Crippen LogP contribution in [0, 0.1) is 20.8 Å². The fraction of sp³-hybridized carbons (Fsp3) is 0.261. The number of benzene rings is 2. The zero-order valence-corrected chi connectivity index (χ0v) is 17.2. The molecular formula is C23H25ClN2O2. The highest BCUT2D eigenvalue weighted by Crippen LogP contribution is 2.24. The summed E-state index contributed by atoms with van der Waals surface area (Å²) in [5, 5.41) is 13.8. The minimum atomic E-state index is -0.891. The van der Waals surface area contributed by atoms with Gasteiger partial charge in [-0.25, -0.2) is 4.79 Å². The Morgan fingerprint density at radius 2 is 1.71 bits per heavy atom. The number of halogens is 1. The van der Waals surface area contributed by atoms with E-state index in [-0.39, 0.29) is 0 Å². The predicted octanol–water partition coefficient (Wildman–Crippen LogP) is 5.10. The van der Waals surface area contributed by atoms with Gasteiger partial charge < -0.3 is 15.0 Å². The van der Waals surface area contributed by atoms with Crippen LogP contribution in [0.3, 0.4) is 0 Å². The van der Waals surface area contributed by atoms with Crippen molar-refractivity contribution in [3.8, 4) is 0 Å². The molecule has 0 saturated carbocycles. The summed E-state index contributed by atoms with van der Waals surface area (Å²) in [6, 6.07) is 16.0. The van der Waals surface area contributed by atoms with Gasteiger partial charge in [-0.05, 0) is 44.0 Å². The Morgan fingerprint density at radius 3 is 2.36 bits per heavy atom. The summed E-state index contributed by atoms with van der Waals surface area (Å²) in [6.45, 7) is 7.70. The number of rotatable bonds is 7. The van der Waals surface area contributed by atoms with Crippen molar-refractivity contribution in [1.82, 2.24) is 9.88 Å². The molecule has 5 heteroatoms. The van der Waals surface area contributed by atoms with Gasteiger partial charge in [0, 0.05) is 41.6 Å². The van der Waals surface area contributed by atoms with Gasteiger partial charge >= 0.3 is 5.97 Å². The van der Waals surface area contributed by atoms with Crippen LogP contribution < -0.4 is 5.32 Å². The van der Waals surface area contributed by atoms with Crippen molar-refractivity contribution < 1.29 is 9.90 Å². The lowest BCUT2D eigenvalue weighted by Gasteiger charge is -2.11. The van der Waals surface area contributed by atoms with Crippen LogP contribution in [0.4, 0.5) is 0 Å². The van der Waals surface area contributed by atoms with Gasteiger partial charge in [0.15, 0.2) is 0 Å². The Morgan fingerprint density at radius 1 is 1.00 bits per heavy atom. The zero-order chi connectivity index (χ0) is 20.3. The number of carboxylic acids is 1. The number of nitrogens with zero attached hydrogens (tertiary/aromatic N) is 1. The molecule has 0 saturated heterocycles. The van der Waals surface area contributed by atoms with Gasteiger partial charge in [-0.2, -0.15) is 0 Å². The van der Waals surface area contributed by atoms with Gasteiger partial charge in [-0.15, -0.1) is 0 Å². The number of carboxylic acid groups (broad SMARTS) is 1. The van der Waals surface area contributed by atoms with E-state index in [4.69, 9.17) is 11.6 Å². The molecule has 0 aliphatic rings. The second kappa shape index (κ2) is 8.63. The first kappa shape index (κ1) is 20.2. The lowest BCUT2D eigenvalue weighted by Crippen LogP contribution is -2.15. The summed E-state index contributed by atoms with van der Waals surface area (Å²) >= 11 is 6.10. The van der Waals surface area contributed by atoms with Gasteiger partial charge in [-0.1, -0.05) is 53.6 Å². The number of aryl methyl sites for hydroxylation is 1. The van der Waals surface area contributed by atoms with Crippen LogP contribution in [0.2, 0.25) is 5.02 Å². The van der Waals surface area contributed by atoms with Gasteiger partial charge in [0.05, 0.1) is 5.56 Å². The first-order chi connectivity index (χ1) is 13.4. The molecule has 28 heavy (non-hydrogen) atoms. The van der Waals surface area contributed by atoms with Crippen molar-refractivity contribution >= 4 is 17.6 Å². The van der Waals surface area contributed by atoms with Crippen molar-refractivity contribution in [2.75, 3.05) is 0 Å². The summed E-state index contributed by atoms with van der Waals surface area (Å²) in [6.07, 6.45) is 0. The Balaban J connectivity index is 1.83. The third kappa shape index (κ3) is 4.46. The Labute approximate surface area is 170 Å². The molecule has 0 amide bonds. The molecule has 0 radical (unpaired) electrons. The van der Waals surface area contributed by atoms with Gasteiger partial charge in [0.2, 0.25) is 0 Å². The zero-order valence-electron chi connectivity index (χ0n) is 16.4. The van der Waals surface area contributed by atoms with E-state index in [0.717, 1.165) is 22.5 Å².